The fourth-order valence-electron chi connectivity index (χ4n) is 0.758. The Balaban J connectivity index is 2.93. The highest BCUT2D eigenvalue weighted by atomic mass is 16.5. The van der Waals surface area contributed by atoms with Crippen LogP contribution >= 0.6 is 0 Å². The molecule has 0 spiro atoms. The lowest BCUT2D eigenvalue weighted by molar-refractivity contribution is 0.507. The van der Waals surface area contributed by atoms with Crippen LogP contribution < -0.4 is 4.74 Å². The molecule has 0 amide bonds. The highest BCUT2D eigenvalue weighted by molar-refractivity contribution is 5.49. The van der Waals surface area contributed by atoms with Crippen molar-refractivity contribution < 1.29 is 4.74 Å². The third kappa shape index (κ3) is 1.84. The predicted octanol–water partition coefficient (Wildman–Crippen LogP) is 2.19. The monoisotopic (exact) mass is 145 g/mol. The molecule has 2 nitrogen and oxygen atoms in total. The molecule has 0 aliphatic heterocycles. The van der Waals surface area contributed by atoms with E-state index in [0.717, 1.165) is 5.56 Å². The van der Waals surface area contributed by atoms with Gasteiger partial charge in [-0.05, 0) is 17.7 Å². The molecule has 0 bridgehead atoms. The van der Waals surface area contributed by atoms with E-state index in [-0.39, 0.29) is 0 Å². The molecule has 0 saturated carbocycles. The average Bonchev–Trinajstić information content (AvgIpc) is 2.06. The van der Waals surface area contributed by atoms with Crippen LogP contribution in [0.25, 0.3) is 6.08 Å². The molecular weight excluding hydrogens is 138 g/mol. The molecule has 0 aromatic heterocycles. The Hall–Kier alpha value is -1.75. The van der Waals surface area contributed by atoms with Crippen LogP contribution in [0, 0.1) is 11.5 Å². The molecule has 0 radical (unpaired) electrons. The average molecular weight is 145 g/mol. The smallest absolute Gasteiger partial charge is 0.292 e. The number of hydrogen-bond acceptors (Lipinski definition) is 2. The molecule has 0 saturated heterocycles. The molecule has 0 unspecified atom stereocenters. The molecule has 0 aliphatic carbocycles. The van der Waals surface area contributed by atoms with E-state index in [2.05, 4.69) is 11.3 Å². The minimum absolute atomic E-state index is 0.546. The van der Waals surface area contributed by atoms with Crippen LogP contribution in [0.3, 0.4) is 0 Å². The third-order valence-electron chi connectivity index (χ3n) is 1.26. The van der Waals surface area contributed by atoms with Gasteiger partial charge in [-0.25, -0.2) is 0 Å². The molecule has 2 heteroatoms. The molecule has 0 atom stereocenters. The maximum Gasteiger partial charge on any atom is 0.292 e. The first kappa shape index (κ1) is 7.36. The van der Waals surface area contributed by atoms with Gasteiger partial charge in [0.05, 0.1) is 0 Å². The summed E-state index contributed by atoms with van der Waals surface area (Å²) < 4.78 is 4.61. The van der Waals surface area contributed by atoms with Crippen LogP contribution in [0.5, 0.6) is 5.75 Å². The molecule has 1 rings (SSSR count). The topological polar surface area (TPSA) is 33.0 Å². The number of rotatable bonds is 2. The van der Waals surface area contributed by atoms with Crippen LogP contribution in [0.2, 0.25) is 0 Å². The SMILES string of the molecule is C=Cc1cccc(OC#N)c1. The normalized spacial score (nSPS) is 8.27. The van der Waals surface area contributed by atoms with Gasteiger partial charge < -0.3 is 4.74 Å². The van der Waals surface area contributed by atoms with Crippen molar-refractivity contribution in [2.75, 3.05) is 0 Å². The largest absolute Gasteiger partial charge is 0.388 e. The summed E-state index contributed by atoms with van der Waals surface area (Å²) in [6.07, 6.45) is 3.30. The fraction of sp³-hybridized carbons (Fsp3) is 0. The molecule has 1 aromatic carbocycles. The van der Waals surface area contributed by atoms with Crippen LogP contribution in [0.4, 0.5) is 0 Å². The maximum absolute atomic E-state index is 8.19. The fourth-order valence-corrected chi connectivity index (χ4v) is 0.758. The number of benzene rings is 1. The number of hydrogen-bond donors (Lipinski definition) is 0. The lowest BCUT2D eigenvalue weighted by Crippen LogP contribution is -1.81. The summed E-state index contributed by atoms with van der Waals surface area (Å²) in [5.41, 5.74) is 0.942. The molecular formula is C9H7NO. The highest BCUT2D eigenvalue weighted by Crippen LogP contribution is 2.13. The Labute approximate surface area is 65.3 Å². The Morgan fingerprint density at radius 2 is 2.36 bits per heavy atom. The summed E-state index contributed by atoms with van der Waals surface area (Å²) in [6, 6.07) is 7.16. The van der Waals surface area contributed by atoms with Crippen LogP contribution in [0.15, 0.2) is 30.8 Å². The predicted molar refractivity (Wildman–Crippen MR) is 42.8 cm³/mol. The van der Waals surface area contributed by atoms with E-state index >= 15 is 0 Å². The van der Waals surface area contributed by atoms with Crippen molar-refractivity contribution in [3.8, 4) is 12.0 Å². The quantitative estimate of drug-likeness (QED) is 0.597. The zero-order chi connectivity index (χ0) is 8.10. The summed E-state index contributed by atoms with van der Waals surface area (Å²) in [5.74, 6) is 0.546. The Morgan fingerprint density at radius 1 is 1.55 bits per heavy atom. The van der Waals surface area contributed by atoms with E-state index in [1.54, 1.807) is 24.5 Å². The highest BCUT2D eigenvalue weighted by Gasteiger charge is 1.91. The third-order valence-corrected chi connectivity index (χ3v) is 1.26. The van der Waals surface area contributed by atoms with Crippen molar-refractivity contribution in [1.29, 1.82) is 5.26 Å². The van der Waals surface area contributed by atoms with Gasteiger partial charge in [-0.1, -0.05) is 24.8 Å². The zero-order valence-electron chi connectivity index (χ0n) is 5.95. The molecule has 1 aromatic rings. The van der Waals surface area contributed by atoms with Crippen molar-refractivity contribution in [1.82, 2.24) is 0 Å². The summed E-state index contributed by atoms with van der Waals surface area (Å²) in [4.78, 5) is 0. The minimum atomic E-state index is 0.546. The first-order chi connectivity index (χ1) is 5.36. The minimum Gasteiger partial charge on any atom is -0.388 e. The Bertz CT molecular complexity index is 299. The van der Waals surface area contributed by atoms with Crippen LogP contribution in [-0.4, -0.2) is 0 Å². The molecule has 11 heavy (non-hydrogen) atoms. The maximum atomic E-state index is 8.19. The lowest BCUT2D eigenvalue weighted by Gasteiger charge is -1.95. The summed E-state index contributed by atoms with van der Waals surface area (Å²) in [5, 5.41) is 8.19. The lowest BCUT2D eigenvalue weighted by atomic mass is 10.2. The van der Waals surface area contributed by atoms with E-state index in [4.69, 9.17) is 5.26 Å². The Morgan fingerprint density at radius 3 is 3.00 bits per heavy atom. The van der Waals surface area contributed by atoms with Crippen molar-refractivity contribution in [2.24, 2.45) is 0 Å². The first-order valence-electron chi connectivity index (χ1n) is 3.15. The second-order valence-corrected chi connectivity index (χ2v) is 1.97. The van der Waals surface area contributed by atoms with Crippen LogP contribution in [0.1, 0.15) is 5.56 Å². The first-order valence-corrected chi connectivity index (χ1v) is 3.15. The van der Waals surface area contributed by atoms with Crippen LogP contribution in [-0.2, 0) is 0 Å². The van der Waals surface area contributed by atoms with Gasteiger partial charge in [-0.2, -0.15) is 0 Å². The summed E-state index contributed by atoms with van der Waals surface area (Å²) >= 11 is 0. The van der Waals surface area contributed by atoms with Gasteiger partial charge in [-0.3, -0.25) is 0 Å². The molecule has 54 valence electrons. The number of nitrogens with zero attached hydrogens (tertiary/aromatic N) is 1. The van der Waals surface area contributed by atoms with Gasteiger partial charge in [0.25, 0.3) is 6.26 Å². The second-order valence-electron chi connectivity index (χ2n) is 1.97. The molecule has 0 N–H and O–H groups in total. The van der Waals surface area contributed by atoms with Gasteiger partial charge in [0.2, 0.25) is 0 Å². The van der Waals surface area contributed by atoms with E-state index in [1.165, 1.54) is 0 Å². The summed E-state index contributed by atoms with van der Waals surface area (Å²) in [7, 11) is 0. The zero-order valence-corrected chi connectivity index (χ0v) is 5.95. The summed E-state index contributed by atoms with van der Waals surface area (Å²) in [6.45, 7) is 3.59. The van der Waals surface area contributed by atoms with Gasteiger partial charge in [0.1, 0.15) is 5.75 Å². The molecule has 0 aliphatic rings. The van der Waals surface area contributed by atoms with Crippen molar-refractivity contribution >= 4 is 6.08 Å². The van der Waals surface area contributed by atoms with Crippen molar-refractivity contribution in [3.05, 3.63) is 36.4 Å². The van der Waals surface area contributed by atoms with Gasteiger partial charge in [-0.15, -0.1) is 5.26 Å². The van der Waals surface area contributed by atoms with Gasteiger partial charge in [0.15, 0.2) is 0 Å². The molecule has 0 fully saturated rings. The van der Waals surface area contributed by atoms with E-state index in [0.29, 0.717) is 5.75 Å². The van der Waals surface area contributed by atoms with Gasteiger partial charge in [0, 0.05) is 0 Å². The Kier molecular flexibility index (Phi) is 2.29. The van der Waals surface area contributed by atoms with Gasteiger partial charge >= 0.3 is 0 Å². The van der Waals surface area contributed by atoms with E-state index < -0.39 is 0 Å². The van der Waals surface area contributed by atoms with Crippen molar-refractivity contribution in [2.45, 2.75) is 0 Å². The van der Waals surface area contributed by atoms with Crippen molar-refractivity contribution in [3.63, 3.8) is 0 Å². The van der Waals surface area contributed by atoms with E-state index in [9.17, 15) is 0 Å². The second kappa shape index (κ2) is 3.43. The van der Waals surface area contributed by atoms with E-state index in [1.807, 2.05) is 12.1 Å². The number of nitriles is 1. The number of ether oxygens (including phenoxy) is 1. The standard InChI is InChI=1S/C9H7NO/c1-2-8-4-3-5-9(6-8)11-7-10/h2-6H,1H2. The molecule has 0 heterocycles.